The topological polar surface area (TPSA) is 0 Å². The van der Waals surface area contributed by atoms with Crippen LogP contribution in [-0.2, 0) is 0 Å². The molecule has 0 amide bonds. The highest BCUT2D eigenvalue weighted by Crippen LogP contribution is 2.68. The third-order valence-corrected chi connectivity index (χ3v) is 11.3. The van der Waals surface area contributed by atoms with E-state index in [0.29, 0.717) is 0 Å². The molecule has 2 aliphatic carbocycles. The van der Waals surface area contributed by atoms with Crippen LogP contribution in [0.5, 0.6) is 0 Å². The minimum Gasteiger partial charge on any atom is -0.0609 e. The third kappa shape index (κ3) is 3.27. The first-order valence-electron chi connectivity index (χ1n) is 8.65. The van der Waals surface area contributed by atoms with Gasteiger partial charge in [0.2, 0.25) is 0 Å². The Labute approximate surface area is 140 Å². The van der Waals surface area contributed by atoms with E-state index >= 15 is 0 Å². The van der Waals surface area contributed by atoms with Crippen molar-refractivity contribution in [1.82, 2.24) is 0 Å². The second-order valence-corrected chi connectivity index (χ2v) is 11.3. The van der Waals surface area contributed by atoms with Crippen LogP contribution in [0.25, 0.3) is 0 Å². The van der Waals surface area contributed by atoms with Gasteiger partial charge in [0.25, 0.3) is 0 Å². The molecule has 2 saturated carbocycles. The molecule has 3 rings (SSSR count). The van der Waals surface area contributed by atoms with Gasteiger partial charge in [0, 0.05) is 7.14 Å². The van der Waals surface area contributed by atoms with Gasteiger partial charge in [-0.3, -0.25) is 0 Å². The van der Waals surface area contributed by atoms with Gasteiger partial charge >= 0.3 is 7.57 Å². The van der Waals surface area contributed by atoms with Gasteiger partial charge in [0.15, 0.2) is 0 Å². The minimum atomic E-state index is -1.56. The van der Waals surface area contributed by atoms with Crippen molar-refractivity contribution in [2.45, 2.75) is 75.5 Å². The van der Waals surface area contributed by atoms with Crippen LogP contribution in [-0.4, -0.2) is 18.9 Å². The van der Waals surface area contributed by atoms with Crippen molar-refractivity contribution in [3.8, 4) is 0 Å². The molecule has 0 N–H and O–H groups in total. The first kappa shape index (κ1) is 16.1. The zero-order valence-electron chi connectivity index (χ0n) is 12.9. The Morgan fingerprint density at radius 1 is 0.810 bits per heavy atom. The van der Waals surface area contributed by atoms with Gasteiger partial charge in [-0.25, -0.2) is 0 Å². The molecular weight excluding hydrogens is 338 g/mol. The van der Waals surface area contributed by atoms with Crippen LogP contribution in [0.2, 0.25) is 0 Å². The molecule has 0 heterocycles. The summed E-state index contributed by atoms with van der Waals surface area (Å²) in [6, 6.07) is 8.83. The van der Waals surface area contributed by atoms with Gasteiger partial charge in [-0.1, -0.05) is 25.0 Å². The monoisotopic (exact) mass is 363 g/mol. The van der Waals surface area contributed by atoms with E-state index in [1.807, 2.05) is 0 Å². The van der Waals surface area contributed by atoms with Crippen molar-refractivity contribution in [2.24, 2.45) is 0 Å². The van der Waals surface area contributed by atoms with Crippen molar-refractivity contribution in [3.63, 3.8) is 0 Å². The third-order valence-electron chi connectivity index (χ3n) is 5.63. The van der Waals surface area contributed by atoms with Crippen LogP contribution in [0.15, 0.2) is 28.7 Å². The Kier molecular flexibility index (Phi) is 5.49. The molecule has 0 nitrogen and oxygen atoms in total. The molecule has 1 aromatic carbocycles. The van der Waals surface area contributed by atoms with Crippen LogP contribution in [0.1, 0.15) is 64.2 Å². The quantitative estimate of drug-likeness (QED) is 0.467. The summed E-state index contributed by atoms with van der Waals surface area (Å²) in [6.45, 7) is 0. The normalized spacial score (nSPS) is 22.3. The van der Waals surface area contributed by atoms with Crippen LogP contribution in [0.4, 0.5) is 0 Å². The lowest BCUT2D eigenvalue weighted by atomic mass is 9.99. The van der Waals surface area contributed by atoms with Crippen LogP contribution in [0, 0.1) is 0 Å². The maximum absolute atomic E-state index is 7.35. The molecule has 0 saturated heterocycles. The van der Waals surface area contributed by atoms with Crippen molar-refractivity contribution in [3.05, 3.63) is 28.7 Å². The van der Waals surface area contributed by atoms with E-state index in [4.69, 9.17) is 7.57 Å². The fourth-order valence-corrected chi connectivity index (χ4v) is 10.3. The smallest absolute Gasteiger partial charge is 0.0609 e. The molecule has 0 atom stereocenters. The Morgan fingerprint density at radius 2 is 1.29 bits per heavy atom. The molecule has 2 fully saturated rings. The van der Waals surface area contributed by atoms with Gasteiger partial charge in [0.05, 0.1) is 21.1 Å². The number of halogens is 1. The van der Waals surface area contributed by atoms with E-state index in [1.165, 1.54) is 74.0 Å². The first-order chi connectivity index (χ1) is 10.2. The highest BCUT2D eigenvalue weighted by molar-refractivity contribution is 9.10. The summed E-state index contributed by atoms with van der Waals surface area (Å²) in [5, 5.41) is 1.48. The summed E-state index contributed by atoms with van der Waals surface area (Å²) in [5.41, 5.74) is 1.54. The molecule has 112 valence electrons. The fourth-order valence-electron chi connectivity index (χ4n) is 4.47. The number of hydrogen-bond acceptors (Lipinski definition) is 0. The largest absolute Gasteiger partial charge is 0.371 e. The standard InChI is InChI=1S/C18H26BBrP/c19-21(15-9-3-1-4-10-15,16-11-5-2-6-12-16)18-14-8-7-13-17(18)20/h7-8,13-16H,1-6,9-12H2/q+1. The summed E-state index contributed by atoms with van der Waals surface area (Å²) < 4.78 is 1.26. The van der Waals surface area contributed by atoms with Gasteiger partial charge in [-0.15, -0.1) is 0 Å². The summed E-state index contributed by atoms with van der Waals surface area (Å²) >= 11 is 3.81. The predicted molar refractivity (Wildman–Crippen MR) is 100 cm³/mol. The zero-order valence-corrected chi connectivity index (χ0v) is 15.4. The second kappa shape index (κ2) is 7.18. The molecular formula is C18H26BBrP+. The highest BCUT2D eigenvalue weighted by Gasteiger charge is 2.50. The molecule has 2 aliphatic rings. The fraction of sp³-hybridized carbons (Fsp3) is 0.667. The van der Waals surface area contributed by atoms with E-state index < -0.39 is 7.14 Å². The Balaban J connectivity index is 1.98. The lowest BCUT2D eigenvalue weighted by Crippen LogP contribution is -2.35. The predicted octanol–water partition coefficient (Wildman–Crippen LogP) is 5.84. The van der Waals surface area contributed by atoms with Crippen molar-refractivity contribution in [2.75, 3.05) is 0 Å². The molecule has 2 radical (unpaired) electrons. The van der Waals surface area contributed by atoms with Crippen molar-refractivity contribution in [1.29, 1.82) is 0 Å². The molecule has 0 spiro atoms. The molecule has 0 bridgehead atoms. The van der Waals surface area contributed by atoms with Gasteiger partial charge in [0.1, 0.15) is 0 Å². The van der Waals surface area contributed by atoms with E-state index in [9.17, 15) is 0 Å². The van der Waals surface area contributed by atoms with E-state index in [1.54, 1.807) is 0 Å². The average Bonchev–Trinajstić information content (AvgIpc) is 2.56. The Bertz CT molecular complexity index is 446. The molecule has 1 aromatic rings. The van der Waals surface area contributed by atoms with E-state index in [0.717, 1.165) is 11.3 Å². The Morgan fingerprint density at radius 3 is 1.76 bits per heavy atom. The van der Waals surface area contributed by atoms with Crippen molar-refractivity contribution < 1.29 is 0 Å². The average molecular weight is 364 g/mol. The van der Waals surface area contributed by atoms with E-state index in [-0.39, 0.29) is 0 Å². The van der Waals surface area contributed by atoms with Gasteiger partial charge in [-0.05, 0) is 79.4 Å². The maximum Gasteiger partial charge on any atom is 0.371 e. The number of rotatable bonds is 3. The van der Waals surface area contributed by atoms with Crippen LogP contribution in [0.3, 0.4) is 0 Å². The van der Waals surface area contributed by atoms with Gasteiger partial charge in [-0.2, -0.15) is 0 Å². The van der Waals surface area contributed by atoms with Crippen molar-refractivity contribution >= 4 is 35.9 Å². The number of benzene rings is 1. The highest BCUT2D eigenvalue weighted by atomic mass is 79.9. The zero-order chi connectivity index (χ0) is 14.7. The Hall–Kier alpha value is 0.195. The second-order valence-electron chi connectivity index (χ2n) is 6.87. The summed E-state index contributed by atoms with van der Waals surface area (Å²) in [6.07, 6.45) is 13.8. The van der Waals surface area contributed by atoms with Crippen LogP contribution >= 0.6 is 23.1 Å². The lowest BCUT2D eigenvalue weighted by Gasteiger charge is -2.42. The summed E-state index contributed by atoms with van der Waals surface area (Å²) in [7, 11) is 5.79. The molecule has 0 unspecified atom stereocenters. The molecule has 0 aromatic heterocycles. The SMILES string of the molecule is [B][P+](c1ccccc1Br)(C1CCCCC1)C1CCCCC1. The van der Waals surface area contributed by atoms with Crippen LogP contribution < -0.4 is 5.30 Å². The lowest BCUT2D eigenvalue weighted by molar-refractivity contribution is 0.485. The molecule has 21 heavy (non-hydrogen) atoms. The number of hydrogen-bond donors (Lipinski definition) is 0. The van der Waals surface area contributed by atoms with E-state index in [2.05, 4.69) is 40.2 Å². The summed E-state index contributed by atoms with van der Waals surface area (Å²) in [4.78, 5) is 0. The molecule has 0 aliphatic heterocycles. The summed E-state index contributed by atoms with van der Waals surface area (Å²) in [5.74, 6) is 0. The minimum absolute atomic E-state index is 0.771. The maximum atomic E-state index is 7.35. The van der Waals surface area contributed by atoms with Gasteiger partial charge < -0.3 is 0 Å². The first-order valence-corrected chi connectivity index (χ1v) is 11.4. The molecule has 3 heteroatoms.